The van der Waals surface area contributed by atoms with Crippen molar-refractivity contribution in [2.45, 2.75) is 24.9 Å². The number of carbonyl (C=O) groups is 2. The number of nitrogens with two attached hydrogens (primary N) is 1. The summed E-state index contributed by atoms with van der Waals surface area (Å²) in [5, 5.41) is 28.5. The fraction of sp³-hybridized carbons (Fsp3) is 0.292. The minimum atomic E-state index is -4.72. The second kappa shape index (κ2) is 8.63. The number of benzene rings is 1. The van der Waals surface area contributed by atoms with E-state index in [1.807, 2.05) is 0 Å². The predicted octanol–water partition coefficient (Wildman–Crippen LogP) is 2.14. The summed E-state index contributed by atoms with van der Waals surface area (Å²) < 4.78 is 40.6. The zero-order valence-electron chi connectivity index (χ0n) is 20.1. The van der Waals surface area contributed by atoms with Crippen LogP contribution in [0.15, 0.2) is 42.7 Å². The van der Waals surface area contributed by atoms with Crippen molar-refractivity contribution in [3.05, 3.63) is 59.5 Å². The van der Waals surface area contributed by atoms with E-state index in [2.05, 4.69) is 15.1 Å². The number of halogens is 3. The van der Waals surface area contributed by atoms with Gasteiger partial charge in [-0.3, -0.25) is 19.3 Å². The van der Waals surface area contributed by atoms with Gasteiger partial charge in [0.1, 0.15) is 11.5 Å². The van der Waals surface area contributed by atoms with Crippen LogP contribution in [0.4, 0.5) is 19.0 Å². The van der Waals surface area contributed by atoms with E-state index in [1.54, 1.807) is 11.7 Å². The first-order valence-electron chi connectivity index (χ1n) is 11.4. The van der Waals surface area contributed by atoms with Gasteiger partial charge in [0.2, 0.25) is 5.91 Å². The van der Waals surface area contributed by atoms with Crippen LogP contribution in [0.25, 0.3) is 21.8 Å². The summed E-state index contributed by atoms with van der Waals surface area (Å²) >= 11 is 0. The summed E-state index contributed by atoms with van der Waals surface area (Å²) in [6.45, 7) is 0. The number of pyridine rings is 2. The highest BCUT2D eigenvalue weighted by atomic mass is 19.4. The van der Waals surface area contributed by atoms with Gasteiger partial charge in [-0.15, -0.1) is 0 Å². The van der Waals surface area contributed by atoms with Gasteiger partial charge in [0.05, 0.1) is 28.2 Å². The molecule has 0 spiro atoms. The number of nitrogen functional groups attached to an aromatic ring is 1. The second-order valence-corrected chi connectivity index (χ2v) is 9.08. The van der Waals surface area contributed by atoms with Crippen molar-refractivity contribution in [3.8, 4) is 0 Å². The first-order valence-corrected chi connectivity index (χ1v) is 11.4. The van der Waals surface area contributed by atoms with Crippen LogP contribution in [0.1, 0.15) is 34.5 Å². The molecule has 38 heavy (non-hydrogen) atoms. The van der Waals surface area contributed by atoms with E-state index in [0.29, 0.717) is 51.9 Å². The molecular formula is C24H22F3N7O4. The number of alkyl halides is 3. The third-order valence-electron chi connectivity index (χ3n) is 6.42. The van der Waals surface area contributed by atoms with Crippen molar-refractivity contribution in [2.24, 2.45) is 13.0 Å². The van der Waals surface area contributed by atoms with E-state index in [0.717, 1.165) is 11.1 Å². The normalized spacial score (nSPS) is 14.2. The molecule has 0 radical (unpaired) electrons. The van der Waals surface area contributed by atoms with E-state index < -0.39 is 41.1 Å². The molecule has 1 fully saturated rings. The molecule has 1 aliphatic carbocycles. The van der Waals surface area contributed by atoms with Gasteiger partial charge in [0, 0.05) is 37.2 Å². The maximum Gasteiger partial charge on any atom is 0.417 e. The third-order valence-corrected chi connectivity index (χ3v) is 6.42. The number of rotatable bonds is 4. The van der Waals surface area contributed by atoms with Gasteiger partial charge >= 0.3 is 12.1 Å². The molecule has 2 amide bonds. The van der Waals surface area contributed by atoms with Crippen LogP contribution in [0, 0.1) is 5.92 Å². The maximum atomic E-state index is 13.8. The van der Waals surface area contributed by atoms with Crippen molar-refractivity contribution in [1.29, 1.82) is 0 Å². The van der Waals surface area contributed by atoms with Gasteiger partial charge in [0.25, 0.3) is 5.91 Å². The fourth-order valence-corrected chi connectivity index (χ4v) is 4.26. The van der Waals surface area contributed by atoms with Crippen LogP contribution >= 0.6 is 0 Å². The predicted molar refractivity (Wildman–Crippen MR) is 127 cm³/mol. The Morgan fingerprint density at radius 1 is 1.11 bits per heavy atom. The first kappa shape index (κ1) is 25.4. The largest absolute Gasteiger partial charge is 0.417 e. The summed E-state index contributed by atoms with van der Waals surface area (Å²) in [4.78, 5) is 34.5. The van der Waals surface area contributed by atoms with Gasteiger partial charge < -0.3 is 15.9 Å². The number of amides is 2. The number of fused-ring (bicyclic) bond motifs is 3. The number of aromatic nitrogens is 4. The number of hydrogen-bond donors (Lipinski definition) is 3. The number of aliphatic hydroxyl groups is 2. The van der Waals surface area contributed by atoms with Crippen molar-refractivity contribution in [1.82, 2.24) is 29.8 Å². The molecule has 3 aromatic heterocycles. The zero-order valence-corrected chi connectivity index (χ0v) is 20.1. The highest BCUT2D eigenvalue weighted by Crippen LogP contribution is 2.35. The van der Waals surface area contributed by atoms with E-state index in [4.69, 9.17) is 5.73 Å². The molecule has 1 saturated carbocycles. The number of hydrogen-bond acceptors (Lipinski definition) is 8. The van der Waals surface area contributed by atoms with Crippen LogP contribution in [-0.2, 0) is 23.9 Å². The number of hydrazine groups is 1. The Bertz CT molecular complexity index is 1580. The lowest BCUT2D eigenvalue weighted by Gasteiger charge is -2.40. The Balaban J connectivity index is 1.62. The smallest absolute Gasteiger partial charge is 0.383 e. The van der Waals surface area contributed by atoms with E-state index in [9.17, 15) is 33.0 Å². The number of aryl methyl sites for hydroxylation is 1. The average Bonchev–Trinajstić information content (AvgIpc) is 3.64. The highest BCUT2D eigenvalue weighted by Gasteiger charge is 2.47. The van der Waals surface area contributed by atoms with E-state index in [1.165, 1.54) is 31.4 Å². The Labute approximate surface area is 212 Å². The Morgan fingerprint density at radius 3 is 2.42 bits per heavy atom. The lowest BCUT2D eigenvalue weighted by Crippen LogP contribution is -2.59. The lowest BCUT2D eigenvalue weighted by molar-refractivity contribution is -0.304. The summed E-state index contributed by atoms with van der Waals surface area (Å²) in [5.74, 6) is -5.07. The lowest BCUT2D eigenvalue weighted by atomic mass is 10.1. The summed E-state index contributed by atoms with van der Waals surface area (Å²) in [6.07, 6.45) is -1.69. The number of anilines is 1. The van der Waals surface area contributed by atoms with Crippen molar-refractivity contribution in [2.75, 3.05) is 12.8 Å². The number of carbonyl (C=O) groups excluding carboxylic acids is 2. The Morgan fingerprint density at radius 2 is 1.82 bits per heavy atom. The summed E-state index contributed by atoms with van der Waals surface area (Å²) in [5.41, 5.74) is 5.14. The third kappa shape index (κ3) is 4.16. The van der Waals surface area contributed by atoms with Crippen LogP contribution in [0.2, 0.25) is 0 Å². The minimum absolute atomic E-state index is 0.0681. The molecule has 0 bridgehead atoms. The zero-order chi connectivity index (χ0) is 27.6. The van der Waals surface area contributed by atoms with Crippen molar-refractivity contribution >= 4 is 39.4 Å². The van der Waals surface area contributed by atoms with Crippen molar-refractivity contribution in [3.63, 3.8) is 0 Å². The Kier molecular flexibility index (Phi) is 5.76. The molecule has 11 nitrogen and oxygen atoms in total. The molecule has 4 aromatic rings. The summed E-state index contributed by atoms with van der Waals surface area (Å²) in [7, 11) is 2.85. The van der Waals surface area contributed by atoms with E-state index >= 15 is 0 Å². The molecule has 0 atom stereocenters. The molecule has 198 valence electrons. The SMILES string of the molecule is CN(C(=O)C1CC1)N(C(=O)c1ccc2nc(N)c3cnn(C)c3c2c1)C(O)(O)c1ccc(C(F)(F)F)cn1. The minimum Gasteiger partial charge on any atom is -0.383 e. The topological polar surface area (TPSA) is 151 Å². The molecule has 0 unspecified atom stereocenters. The molecular weight excluding hydrogens is 507 g/mol. The van der Waals surface area contributed by atoms with Crippen LogP contribution in [0.5, 0.6) is 0 Å². The van der Waals surface area contributed by atoms with Gasteiger partial charge in [-0.1, -0.05) is 0 Å². The average molecular weight is 529 g/mol. The molecule has 4 N–H and O–H groups in total. The fourth-order valence-electron chi connectivity index (χ4n) is 4.26. The molecule has 5 rings (SSSR count). The second-order valence-electron chi connectivity index (χ2n) is 9.08. The molecule has 3 heterocycles. The van der Waals surface area contributed by atoms with E-state index in [-0.39, 0.29) is 11.4 Å². The van der Waals surface area contributed by atoms with Gasteiger partial charge in [-0.25, -0.2) is 9.99 Å². The molecule has 0 aliphatic heterocycles. The Hall–Kier alpha value is -4.30. The van der Waals surface area contributed by atoms with Crippen molar-refractivity contribution < 1.29 is 33.0 Å². The maximum absolute atomic E-state index is 13.8. The molecule has 0 saturated heterocycles. The first-order chi connectivity index (χ1) is 17.8. The molecule has 1 aromatic carbocycles. The van der Waals surface area contributed by atoms with Gasteiger partial charge in [0.15, 0.2) is 0 Å². The molecule has 14 heteroatoms. The van der Waals surface area contributed by atoms with Gasteiger partial charge in [-0.2, -0.15) is 23.3 Å². The van der Waals surface area contributed by atoms with Crippen LogP contribution in [0.3, 0.4) is 0 Å². The molecule has 1 aliphatic rings. The highest BCUT2D eigenvalue weighted by molar-refractivity contribution is 6.10. The van der Waals surface area contributed by atoms with Crippen LogP contribution in [-0.4, -0.2) is 58.8 Å². The number of nitrogens with zero attached hydrogens (tertiary/aromatic N) is 6. The van der Waals surface area contributed by atoms with Gasteiger partial charge in [-0.05, 0) is 43.2 Å². The summed E-state index contributed by atoms with van der Waals surface area (Å²) in [6, 6.07) is 5.62. The van der Waals surface area contributed by atoms with Crippen LogP contribution < -0.4 is 5.73 Å². The quantitative estimate of drug-likeness (QED) is 0.269. The standard InChI is InChI=1S/C24H22F3N7O4/c1-32-19-15-9-13(5-7-17(15)31-20(28)16(19)11-30-32)22(36)34(33(2)21(35)12-3-4-12)24(37,38)18-8-6-14(10-29-18)23(25,26)27/h5-12,37-38H,3-4H2,1-2H3,(H2,28,31). The monoisotopic (exact) mass is 529 g/mol.